The fraction of sp³-hybridized carbons (Fsp3) is 0.280. The van der Waals surface area contributed by atoms with Crippen LogP contribution in [0, 0.1) is 0 Å². The molecule has 3 aromatic rings. The number of aliphatic imine (C=N–C) groups is 1. The third kappa shape index (κ3) is 5.75. The Kier molecular flexibility index (Phi) is 7.00. The average Bonchev–Trinajstić information content (AvgIpc) is 2.85. The molecule has 0 atom stereocenters. The summed E-state index contributed by atoms with van der Waals surface area (Å²) in [4.78, 5) is 13.5. The fourth-order valence-corrected chi connectivity index (χ4v) is 3.67. The summed E-state index contributed by atoms with van der Waals surface area (Å²) in [5.74, 6) is 1.79. The van der Waals surface area contributed by atoms with Gasteiger partial charge in [0.05, 0.1) is 5.69 Å². The quantitative estimate of drug-likeness (QED) is 0.493. The molecule has 1 N–H and O–H groups in total. The molecule has 1 aliphatic heterocycles. The molecule has 0 aliphatic carbocycles. The molecular formula is C25H29N5O. The summed E-state index contributed by atoms with van der Waals surface area (Å²) in [6.45, 7) is 5.09. The van der Waals surface area contributed by atoms with Crippen molar-refractivity contribution in [2.45, 2.75) is 13.2 Å². The number of piperazine rings is 1. The number of rotatable bonds is 6. The van der Waals surface area contributed by atoms with Gasteiger partial charge in [-0.15, -0.1) is 0 Å². The summed E-state index contributed by atoms with van der Waals surface area (Å²) in [5, 5.41) is 3.49. The lowest BCUT2D eigenvalue weighted by atomic mass is 10.2. The molecule has 0 radical (unpaired) electrons. The third-order valence-corrected chi connectivity index (χ3v) is 5.40. The van der Waals surface area contributed by atoms with Crippen molar-refractivity contribution in [3.63, 3.8) is 0 Å². The Morgan fingerprint density at radius 2 is 1.68 bits per heavy atom. The van der Waals surface area contributed by atoms with Gasteiger partial charge in [-0.25, -0.2) is 0 Å². The van der Waals surface area contributed by atoms with Crippen LogP contribution < -0.4 is 15.0 Å². The van der Waals surface area contributed by atoms with Gasteiger partial charge >= 0.3 is 0 Å². The maximum absolute atomic E-state index is 5.82. The van der Waals surface area contributed by atoms with Crippen LogP contribution in [0.2, 0.25) is 0 Å². The SMILES string of the molecule is CN=C(NCc1ccc(OCc2ccccn2)cc1)N1CCN(c2ccccc2)CC1. The van der Waals surface area contributed by atoms with Crippen LogP contribution in [0.4, 0.5) is 5.69 Å². The van der Waals surface area contributed by atoms with E-state index in [2.05, 4.69) is 67.6 Å². The van der Waals surface area contributed by atoms with Gasteiger partial charge in [0.25, 0.3) is 0 Å². The first-order chi connectivity index (χ1) is 15.3. The zero-order valence-corrected chi connectivity index (χ0v) is 17.9. The molecular weight excluding hydrogens is 386 g/mol. The van der Waals surface area contributed by atoms with Crippen LogP contribution in [-0.4, -0.2) is 49.1 Å². The number of benzene rings is 2. The van der Waals surface area contributed by atoms with Crippen LogP contribution in [0.15, 0.2) is 84.0 Å². The zero-order valence-electron chi connectivity index (χ0n) is 17.9. The molecule has 2 aromatic carbocycles. The van der Waals surface area contributed by atoms with Gasteiger partial charge in [0.15, 0.2) is 5.96 Å². The summed E-state index contributed by atoms with van der Waals surface area (Å²) in [7, 11) is 1.85. The van der Waals surface area contributed by atoms with Crippen molar-refractivity contribution in [1.29, 1.82) is 0 Å². The Hall–Kier alpha value is -3.54. The van der Waals surface area contributed by atoms with Crippen molar-refractivity contribution in [1.82, 2.24) is 15.2 Å². The number of nitrogens with zero attached hydrogens (tertiary/aromatic N) is 4. The summed E-state index contributed by atoms with van der Waals surface area (Å²) >= 11 is 0. The number of ether oxygens (including phenoxy) is 1. The summed E-state index contributed by atoms with van der Waals surface area (Å²) in [6.07, 6.45) is 1.78. The van der Waals surface area contributed by atoms with Crippen LogP contribution in [-0.2, 0) is 13.2 Å². The van der Waals surface area contributed by atoms with E-state index in [-0.39, 0.29) is 0 Å². The number of anilines is 1. The number of hydrogen-bond donors (Lipinski definition) is 1. The molecule has 0 unspecified atom stereocenters. The number of nitrogens with one attached hydrogen (secondary N) is 1. The second-order valence-electron chi connectivity index (χ2n) is 7.46. The molecule has 4 rings (SSSR count). The highest BCUT2D eigenvalue weighted by Gasteiger charge is 2.19. The van der Waals surface area contributed by atoms with Gasteiger partial charge in [-0.1, -0.05) is 36.4 Å². The van der Waals surface area contributed by atoms with Gasteiger partial charge in [-0.05, 0) is 42.0 Å². The highest BCUT2D eigenvalue weighted by molar-refractivity contribution is 5.80. The monoisotopic (exact) mass is 415 g/mol. The predicted octanol–water partition coefficient (Wildman–Crippen LogP) is 3.56. The number of hydrogen-bond acceptors (Lipinski definition) is 4. The highest BCUT2D eigenvalue weighted by Crippen LogP contribution is 2.16. The van der Waals surface area contributed by atoms with Crippen LogP contribution in [0.1, 0.15) is 11.3 Å². The van der Waals surface area contributed by atoms with Crippen molar-refractivity contribution in [2.75, 3.05) is 38.1 Å². The molecule has 2 heterocycles. The van der Waals surface area contributed by atoms with Crippen molar-refractivity contribution >= 4 is 11.6 Å². The van der Waals surface area contributed by atoms with E-state index >= 15 is 0 Å². The number of aromatic nitrogens is 1. The first kappa shape index (κ1) is 20.7. The smallest absolute Gasteiger partial charge is 0.194 e. The van der Waals surface area contributed by atoms with Gasteiger partial charge in [0, 0.05) is 51.7 Å². The third-order valence-electron chi connectivity index (χ3n) is 5.40. The predicted molar refractivity (Wildman–Crippen MR) is 125 cm³/mol. The van der Waals surface area contributed by atoms with Crippen molar-refractivity contribution in [3.8, 4) is 5.75 Å². The molecule has 31 heavy (non-hydrogen) atoms. The maximum atomic E-state index is 5.82. The Morgan fingerprint density at radius 3 is 2.35 bits per heavy atom. The molecule has 160 valence electrons. The average molecular weight is 416 g/mol. The van der Waals surface area contributed by atoms with Crippen LogP contribution in [0.25, 0.3) is 0 Å². The molecule has 1 fully saturated rings. The minimum Gasteiger partial charge on any atom is -0.487 e. The Morgan fingerprint density at radius 1 is 0.935 bits per heavy atom. The standard InChI is InChI=1S/C25H29N5O/c1-26-25(30-17-15-29(16-18-30)23-8-3-2-4-9-23)28-19-21-10-12-24(13-11-21)31-20-22-7-5-6-14-27-22/h2-14H,15-20H2,1H3,(H,26,28). The summed E-state index contributed by atoms with van der Waals surface area (Å²) < 4.78 is 5.82. The zero-order chi connectivity index (χ0) is 21.3. The summed E-state index contributed by atoms with van der Waals surface area (Å²) in [6, 6.07) is 24.6. The first-order valence-electron chi connectivity index (χ1n) is 10.7. The Bertz CT molecular complexity index is 952. The molecule has 6 nitrogen and oxygen atoms in total. The van der Waals surface area contributed by atoms with E-state index in [0.29, 0.717) is 6.61 Å². The fourth-order valence-electron chi connectivity index (χ4n) is 3.67. The highest BCUT2D eigenvalue weighted by atomic mass is 16.5. The van der Waals surface area contributed by atoms with E-state index in [0.717, 1.165) is 50.1 Å². The van der Waals surface area contributed by atoms with Crippen molar-refractivity contribution in [3.05, 3.63) is 90.3 Å². The Labute approximate surface area is 184 Å². The maximum Gasteiger partial charge on any atom is 0.194 e. The number of pyridine rings is 1. The molecule has 1 aliphatic rings. The van der Waals surface area contributed by atoms with E-state index < -0.39 is 0 Å². The van der Waals surface area contributed by atoms with Crippen molar-refractivity contribution < 1.29 is 4.74 Å². The molecule has 0 saturated carbocycles. The minimum absolute atomic E-state index is 0.472. The Balaban J connectivity index is 1.24. The largest absolute Gasteiger partial charge is 0.487 e. The molecule has 1 aromatic heterocycles. The van der Waals surface area contributed by atoms with Gasteiger partial charge in [0.2, 0.25) is 0 Å². The first-order valence-corrected chi connectivity index (χ1v) is 10.7. The van der Waals surface area contributed by atoms with E-state index in [9.17, 15) is 0 Å². The van der Waals surface area contributed by atoms with E-state index in [1.54, 1.807) is 6.20 Å². The molecule has 0 spiro atoms. The molecule has 0 bridgehead atoms. The topological polar surface area (TPSA) is 53.0 Å². The van der Waals surface area contributed by atoms with Gasteiger partial charge in [-0.3, -0.25) is 9.98 Å². The van der Waals surface area contributed by atoms with Gasteiger partial charge < -0.3 is 19.9 Å². The van der Waals surface area contributed by atoms with Crippen LogP contribution in [0.3, 0.4) is 0 Å². The van der Waals surface area contributed by atoms with Gasteiger partial charge in [0.1, 0.15) is 12.4 Å². The van der Waals surface area contributed by atoms with E-state index in [4.69, 9.17) is 4.74 Å². The minimum atomic E-state index is 0.472. The number of guanidine groups is 1. The molecule has 0 amide bonds. The second kappa shape index (κ2) is 10.5. The van der Waals surface area contributed by atoms with E-state index in [1.807, 2.05) is 37.4 Å². The van der Waals surface area contributed by atoms with E-state index in [1.165, 1.54) is 11.3 Å². The number of para-hydroxylation sites is 1. The second-order valence-corrected chi connectivity index (χ2v) is 7.46. The van der Waals surface area contributed by atoms with Crippen molar-refractivity contribution in [2.24, 2.45) is 4.99 Å². The van der Waals surface area contributed by atoms with Gasteiger partial charge in [-0.2, -0.15) is 0 Å². The van der Waals surface area contributed by atoms with Crippen LogP contribution in [0.5, 0.6) is 5.75 Å². The lowest BCUT2D eigenvalue weighted by molar-refractivity contribution is 0.301. The van der Waals surface area contributed by atoms with Crippen LogP contribution >= 0.6 is 0 Å². The normalized spacial score (nSPS) is 14.4. The summed E-state index contributed by atoms with van der Waals surface area (Å²) in [5.41, 5.74) is 3.40. The molecule has 6 heteroatoms. The lowest BCUT2D eigenvalue weighted by Crippen LogP contribution is -2.52. The molecule has 1 saturated heterocycles. The lowest BCUT2D eigenvalue weighted by Gasteiger charge is -2.37.